The number of rotatable bonds is 3. The third kappa shape index (κ3) is 3.31. The van der Waals surface area contributed by atoms with Gasteiger partial charge in [-0.25, -0.2) is 4.98 Å². The standard InChI is InChI=1S/C10H4BrCl2N3O3/c11-5-1-2-6(12)8(3-5)19-9-7(16(17)18)4-14-10(13)15-9/h1-4H. The molecule has 19 heavy (non-hydrogen) atoms. The van der Waals surface area contributed by atoms with Gasteiger partial charge < -0.3 is 4.74 Å². The Kier molecular flexibility index (Phi) is 4.18. The second kappa shape index (κ2) is 5.68. The first-order valence-electron chi connectivity index (χ1n) is 4.77. The molecule has 0 bridgehead atoms. The van der Waals surface area contributed by atoms with Gasteiger partial charge in [0.1, 0.15) is 11.9 Å². The summed E-state index contributed by atoms with van der Waals surface area (Å²) in [5, 5.41) is 11.0. The van der Waals surface area contributed by atoms with Gasteiger partial charge in [0.25, 0.3) is 0 Å². The van der Waals surface area contributed by atoms with Crippen LogP contribution in [0.2, 0.25) is 10.3 Å². The van der Waals surface area contributed by atoms with Crippen LogP contribution in [0.15, 0.2) is 28.9 Å². The summed E-state index contributed by atoms with van der Waals surface area (Å²) < 4.78 is 6.03. The van der Waals surface area contributed by atoms with Gasteiger partial charge in [0, 0.05) is 4.47 Å². The molecule has 1 aromatic carbocycles. The number of nitrogens with zero attached hydrogens (tertiary/aromatic N) is 3. The van der Waals surface area contributed by atoms with Crippen LogP contribution in [0.25, 0.3) is 0 Å². The smallest absolute Gasteiger partial charge is 0.349 e. The lowest BCUT2D eigenvalue weighted by atomic mass is 10.3. The largest absolute Gasteiger partial charge is 0.432 e. The zero-order valence-corrected chi connectivity index (χ0v) is 12.1. The van der Waals surface area contributed by atoms with Crippen molar-refractivity contribution in [1.82, 2.24) is 9.97 Å². The fraction of sp³-hybridized carbons (Fsp3) is 0. The van der Waals surface area contributed by atoms with Crippen LogP contribution in [0.5, 0.6) is 11.6 Å². The Bertz CT molecular complexity index is 654. The lowest BCUT2D eigenvalue weighted by Crippen LogP contribution is -1.98. The van der Waals surface area contributed by atoms with Gasteiger partial charge in [-0.1, -0.05) is 27.5 Å². The highest BCUT2D eigenvalue weighted by Gasteiger charge is 2.20. The summed E-state index contributed by atoms with van der Waals surface area (Å²) in [6.07, 6.45) is 0.969. The molecular formula is C10H4BrCl2N3O3. The van der Waals surface area contributed by atoms with Gasteiger partial charge in [-0.2, -0.15) is 4.98 Å². The zero-order valence-electron chi connectivity index (χ0n) is 9.01. The summed E-state index contributed by atoms with van der Waals surface area (Å²) in [6.45, 7) is 0. The Morgan fingerprint density at radius 1 is 1.37 bits per heavy atom. The minimum atomic E-state index is -0.669. The molecule has 0 aliphatic carbocycles. The van der Waals surface area contributed by atoms with Gasteiger partial charge in [-0.05, 0) is 29.8 Å². The van der Waals surface area contributed by atoms with Crippen molar-refractivity contribution in [3.8, 4) is 11.6 Å². The van der Waals surface area contributed by atoms with Crippen molar-refractivity contribution in [2.75, 3.05) is 0 Å². The first-order valence-corrected chi connectivity index (χ1v) is 6.32. The van der Waals surface area contributed by atoms with Crippen LogP contribution in [0.1, 0.15) is 0 Å². The third-order valence-corrected chi connectivity index (χ3v) is 2.99. The van der Waals surface area contributed by atoms with E-state index in [4.69, 9.17) is 27.9 Å². The molecule has 0 spiro atoms. The molecule has 0 saturated carbocycles. The Balaban J connectivity index is 2.45. The van der Waals surface area contributed by atoms with Gasteiger partial charge in [0.2, 0.25) is 5.28 Å². The molecule has 1 heterocycles. The van der Waals surface area contributed by atoms with Crippen molar-refractivity contribution in [3.63, 3.8) is 0 Å². The Hall–Kier alpha value is -1.44. The van der Waals surface area contributed by atoms with Crippen molar-refractivity contribution in [1.29, 1.82) is 0 Å². The summed E-state index contributed by atoms with van der Waals surface area (Å²) in [7, 11) is 0. The average Bonchev–Trinajstić information content (AvgIpc) is 2.33. The molecule has 0 amide bonds. The lowest BCUT2D eigenvalue weighted by Gasteiger charge is -2.07. The molecule has 0 radical (unpaired) electrons. The molecule has 9 heteroatoms. The Morgan fingerprint density at radius 3 is 2.79 bits per heavy atom. The number of nitro groups is 1. The topological polar surface area (TPSA) is 78.2 Å². The number of hydrogen-bond acceptors (Lipinski definition) is 5. The monoisotopic (exact) mass is 363 g/mol. The van der Waals surface area contributed by atoms with Crippen molar-refractivity contribution < 1.29 is 9.66 Å². The van der Waals surface area contributed by atoms with E-state index in [-0.39, 0.29) is 21.9 Å². The molecule has 98 valence electrons. The van der Waals surface area contributed by atoms with Crippen molar-refractivity contribution in [2.45, 2.75) is 0 Å². The van der Waals surface area contributed by atoms with E-state index in [2.05, 4.69) is 25.9 Å². The van der Waals surface area contributed by atoms with Crippen molar-refractivity contribution in [2.24, 2.45) is 0 Å². The van der Waals surface area contributed by atoms with Crippen LogP contribution in [-0.4, -0.2) is 14.9 Å². The maximum absolute atomic E-state index is 10.8. The van der Waals surface area contributed by atoms with E-state index in [1.54, 1.807) is 18.2 Å². The fourth-order valence-corrected chi connectivity index (χ4v) is 1.82. The molecule has 0 unspecified atom stereocenters. The molecule has 0 N–H and O–H groups in total. The molecule has 2 aromatic rings. The van der Waals surface area contributed by atoms with E-state index in [1.807, 2.05) is 0 Å². The van der Waals surface area contributed by atoms with Crippen molar-refractivity contribution in [3.05, 3.63) is 49.3 Å². The minimum absolute atomic E-state index is 0.160. The van der Waals surface area contributed by atoms with Crippen LogP contribution in [0, 0.1) is 10.1 Å². The van der Waals surface area contributed by atoms with Crippen LogP contribution < -0.4 is 4.74 Å². The first-order chi connectivity index (χ1) is 8.97. The summed E-state index contributed by atoms with van der Waals surface area (Å²) in [5.74, 6) is -0.0566. The van der Waals surface area contributed by atoms with Gasteiger partial charge in [-0.3, -0.25) is 10.1 Å². The van der Waals surface area contributed by atoms with Gasteiger partial charge in [-0.15, -0.1) is 0 Å². The second-order valence-electron chi connectivity index (χ2n) is 3.26. The number of ether oxygens (including phenoxy) is 1. The first kappa shape index (κ1) is 14.0. The molecular weight excluding hydrogens is 361 g/mol. The molecule has 1 aromatic heterocycles. The molecule has 0 aliphatic heterocycles. The van der Waals surface area contributed by atoms with Gasteiger partial charge in [0.15, 0.2) is 0 Å². The molecule has 2 rings (SSSR count). The quantitative estimate of drug-likeness (QED) is 0.462. The fourth-order valence-electron chi connectivity index (χ4n) is 1.20. The van der Waals surface area contributed by atoms with E-state index in [0.717, 1.165) is 6.20 Å². The highest BCUT2D eigenvalue weighted by molar-refractivity contribution is 9.10. The summed E-state index contributed by atoms with van der Waals surface area (Å²) in [4.78, 5) is 17.4. The number of halogens is 3. The molecule has 0 saturated heterocycles. The minimum Gasteiger partial charge on any atom is -0.432 e. The Labute approximate surface area is 125 Å². The highest BCUT2D eigenvalue weighted by Crippen LogP contribution is 2.35. The predicted octanol–water partition coefficient (Wildman–Crippen LogP) is 4.25. The van der Waals surface area contributed by atoms with Gasteiger partial charge >= 0.3 is 11.6 Å². The number of benzene rings is 1. The maximum atomic E-state index is 10.8. The Morgan fingerprint density at radius 2 is 2.11 bits per heavy atom. The molecule has 0 atom stereocenters. The predicted molar refractivity (Wildman–Crippen MR) is 72.9 cm³/mol. The van der Waals surface area contributed by atoms with Crippen LogP contribution in [-0.2, 0) is 0 Å². The van der Waals surface area contributed by atoms with Crippen molar-refractivity contribution >= 4 is 44.8 Å². The number of hydrogen-bond donors (Lipinski definition) is 0. The normalized spacial score (nSPS) is 10.3. The van der Waals surface area contributed by atoms with E-state index in [1.165, 1.54) is 0 Å². The van der Waals surface area contributed by atoms with Crippen LogP contribution in [0.3, 0.4) is 0 Å². The van der Waals surface area contributed by atoms with Crippen LogP contribution in [0.4, 0.5) is 5.69 Å². The second-order valence-corrected chi connectivity index (χ2v) is 4.92. The zero-order chi connectivity index (χ0) is 14.0. The summed E-state index contributed by atoms with van der Waals surface area (Å²) >= 11 is 14.8. The van der Waals surface area contributed by atoms with E-state index in [0.29, 0.717) is 4.47 Å². The highest BCUT2D eigenvalue weighted by atomic mass is 79.9. The SMILES string of the molecule is O=[N+]([O-])c1cnc(Cl)nc1Oc1cc(Br)ccc1Cl. The summed E-state index contributed by atoms with van der Waals surface area (Å²) in [5.41, 5.74) is -0.402. The van der Waals surface area contributed by atoms with Gasteiger partial charge in [0.05, 0.1) is 9.95 Å². The van der Waals surface area contributed by atoms with E-state index < -0.39 is 10.6 Å². The maximum Gasteiger partial charge on any atom is 0.349 e. The van der Waals surface area contributed by atoms with E-state index in [9.17, 15) is 10.1 Å². The van der Waals surface area contributed by atoms with E-state index >= 15 is 0 Å². The lowest BCUT2D eigenvalue weighted by molar-refractivity contribution is -0.386. The third-order valence-electron chi connectivity index (χ3n) is 2.00. The number of aromatic nitrogens is 2. The average molecular weight is 365 g/mol. The van der Waals surface area contributed by atoms with Crippen LogP contribution >= 0.6 is 39.1 Å². The molecule has 0 fully saturated rings. The molecule has 0 aliphatic rings. The summed E-state index contributed by atoms with van der Waals surface area (Å²) in [6, 6.07) is 4.84. The molecule has 6 nitrogen and oxygen atoms in total.